The van der Waals surface area contributed by atoms with Gasteiger partial charge in [0.1, 0.15) is 11.4 Å². The average Bonchev–Trinajstić information content (AvgIpc) is 3.41. The molecule has 7 heteroatoms. The van der Waals surface area contributed by atoms with Crippen molar-refractivity contribution in [3.63, 3.8) is 0 Å². The second-order valence-electron chi connectivity index (χ2n) is 6.41. The molecule has 0 spiro atoms. The Morgan fingerprint density at radius 2 is 2.12 bits per heavy atom. The van der Waals surface area contributed by atoms with E-state index in [0.717, 1.165) is 29.7 Å². The molecule has 134 valence electrons. The quantitative estimate of drug-likeness (QED) is 0.721. The number of rotatable bonds is 4. The van der Waals surface area contributed by atoms with Crippen molar-refractivity contribution in [2.75, 3.05) is 13.7 Å². The molecule has 26 heavy (non-hydrogen) atoms. The summed E-state index contributed by atoms with van der Waals surface area (Å²) >= 11 is 0. The van der Waals surface area contributed by atoms with Crippen LogP contribution < -0.4 is 4.74 Å². The summed E-state index contributed by atoms with van der Waals surface area (Å²) in [5.41, 5.74) is 2.54. The SMILES string of the molecule is COc1ccc([C@H]2CCCN2C(=O)c2cc(-c3cnn(C)c3)no2)cc1. The monoisotopic (exact) mass is 352 g/mol. The summed E-state index contributed by atoms with van der Waals surface area (Å²) in [6, 6.07) is 9.59. The number of carbonyl (C=O) groups is 1. The molecule has 3 heterocycles. The predicted octanol–water partition coefficient (Wildman–Crippen LogP) is 3.06. The van der Waals surface area contributed by atoms with Gasteiger partial charge in [-0.15, -0.1) is 0 Å². The molecule has 1 saturated heterocycles. The van der Waals surface area contributed by atoms with Gasteiger partial charge in [0.15, 0.2) is 0 Å². The summed E-state index contributed by atoms with van der Waals surface area (Å²) < 4.78 is 12.2. The van der Waals surface area contributed by atoms with Gasteiger partial charge in [-0.1, -0.05) is 17.3 Å². The van der Waals surface area contributed by atoms with Crippen LogP contribution in [-0.2, 0) is 7.05 Å². The van der Waals surface area contributed by atoms with E-state index in [-0.39, 0.29) is 17.7 Å². The van der Waals surface area contributed by atoms with Crippen molar-refractivity contribution in [1.82, 2.24) is 19.8 Å². The number of hydrogen-bond acceptors (Lipinski definition) is 5. The van der Waals surface area contributed by atoms with E-state index >= 15 is 0 Å². The maximum atomic E-state index is 13.0. The van der Waals surface area contributed by atoms with Crippen LogP contribution in [0.3, 0.4) is 0 Å². The summed E-state index contributed by atoms with van der Waals surface area (Å²) in [6.45, 7) is 0.707. The maximum absolute atomic E-state index is 13.0. The lowest BCUT2D eigenvalue weighted by Crippen LogP contribution is -2.30. The smallest absolute Gasteiger partial charge is 0.292 e. The van der Waals surface area contributed by atoms with Crippen molar-refractivity contribution >= 4 is 5.91 Å². The number of benzene rings is 1. The maximum Gasteiger partial charge on any atom is 0.292 e. The first-order chi connectivity index (χ1) is 12.7. The van der Waals surface area contributed by atoms with E-state index in [2.05, 4.69) is 10.3 Å². The zero-order valence-electron chi connectivity index (χ0n) is 14.8. The van der Waals surface area contributed by atoms with Gasteiger partial charge >= 0.3 is 0 Å². The number of likely N-dealkylation sites (tertiary alicyclic amines) is 1. The highest BCUT2D eigenvalue weighted by molar-refractivity contribution is 5.92. The normalized spacial score (nSPS) is 16.8. The van der Waals surface area contributed by atoms with E-state index in [4.69, 9.17) is 9.26 Å². The second-order valence-corrected chi connectivity index (χ2v) is 6.41. The van der Waals surface area contributed by atoms with Crippen molar-refractivity contribution < 1.29 is 14.1 Å². The van der Waals surface area contributed by atoms with Gasteiger partial charge in [-0.2, -0.15) is 5.10 Å². The van der Waals surface area contributed by atoms with E-state index in [9.17, 15) is 4.79 Å². The second kappa shape index (κ2) is 6.67. The van der Waals surface area contributed by atoms with Crippen LogP contribution in [0, 0.1) is 0 Å². The third-order valence-corrected chi connectivity index (χ3v) is 4.74. The molecule has 0 saturated carbocycles. The highest BCUT2D eigenvalue weighted by Crippen LogP contribution is 2.34. The Kier molecular flexibility index (Phi) is 4.20. The highest BCUT2D eigenvalue weighted by atomic mass is 16.5. The fourth-order valence-electron chi connectivity index (χ4n) is 3.39. The number of aryl methyl sites for hydroxylation is 1. The van der Waals surface area contributed by atoms with Crippen molar-refractivity contribution in [3.05, 3.63) is 54.0 Å². The standard InChI is InChI=1S/C19H20N4O3/c1-22-12-14(11-20-22)16-10-18(26-21-16)19(24)23-9-3-4-17(23)13-5-7-15(25-2)8-6-13/h5-8,10-12,17H,3-4,9H2,1-2H3/t17-/m1/s1. The summed E-state index contributed by atoms with van der Waals surface area (Å²) in [4.78, 5) is 14.8. The Balaban J connectivity index is 1.55. The largest absolute Gasteiger partial charge is 0.497 e. The molecule has 0 bridgehead atoms. The molecular weight excluding hydrogens is 332 g/mol. The molecule has 1 atom stereocenters. The van der Waals surface area contributed by atoms with Gasteiger partial charge in [0.25, 0.3) is 5.91 Å². The van der Waals surface area contributed by atoms with Crippen LogP contribution in [-0.4, -0.2) is 39.4 Å². The summed E-state index contributed by atoms with van der Waals surface area (Å²) in [5.74, 6) is 0.927. The average molecular weight is 352 g/mol. The first-order valence-electron chi connectivity index (χ1n) is 8.56. The Labute approximate surface area is 151 Å². The number of carbonyl (C=O) groups excluding carboxylic acids is 1. The zero-order valence-corrected chi connectivity index (χ0v) is 14.8. The molecule has 1 fully saturated rings. The van der Waals surface area contributed by atoms with Crippen LogP contribution in [0.15, 0.2) is 47.2 Å². The number of amides is 1. The molecule has 4 rings (SSSR count). The topological polar surface area (TPSA) is 73.4 Å². The van der Waals surface area contributed by atoms with Gasteiger partial charge in [-0.25, -0.2) is 0 Å². The zero-order chi connectivity index (χ0) is 18.1. The fraction of sp³-hybridized carbons (Fsp3) is 0.316. The van der Waals surface area contributed by atoms with Crippen molar-refractivity contribution in [2.24, 2.45) is 7.05 Å². The van der Waals surface area contributed by atoms with E-state index in [0.29, 0.717) is 12.2 Å². The van der Waals surface area contributed by atoms with Crippen molar-refractivity contribution in [3.8, 4) is 17.0 Å². The molecule has 0 unspecified atom stereocenters. The lowest BCUT2D eigenvalue weighted by atomic mass is 10.0. The first-order valence-corrected chi connectivity index (χ1v) is 8.56. The molecule has 1 aromatic carbocycles. The highest BCUT2D eigenvalue weighted by Gasteiger charge is 2.32. The van der Waals surface area contributed by atoms with Crippen molar-refractivity contribution in [1.29, 1.82) is 0 Å². The van der Waals surface area contributed by atoms with Crippen molar-refractivity contribution in [2.45, 2.75) is 18.9 Å². The fourth-order valence-corrected chi connectivity index (χ4v) is 3.39. The van der Waals surface area contributed by atoms with Gasteiger partial charge < -0.3 is 14.2 Å². The Hall–Kier alpha value is -3.09. The third-order valence-electron chi connectivity index (χ3n) is 4.74. The Bertz CT molecular complexity index is 913. The van der Waals surface area contributed by atoms with Crippen LogP contribution in [0.25, 0.3) is 11.3 Å². The first kappa shape index (κ1) is 16.4. The molecule has 1 aliphatic rings. The summed E-state index contributed by atoms with van der Waals surface area (Å²) in [6.07, 6.45) is 5.43. The van der Waals surface area contributed by atoms with Crippen LogP contribution in [0.5, 0.6) is 5.75 Å². The van der Waals surface area contributed by atoms with Gasteiger partial charge in [0, 0.05) is 31.4 Å². The van der Waals surface area contributed by atoms with E-state index in [1.165, 1.54) is 0 Å². The predicted molar refractivity (Wildman–Crippen MR) is 94.7 cm³/mol. The molecule has 7 nitrogen and oxygen atoms in total. The van der Waals surface area contributed by atoms with Crippen LogP contribution >= 0.6 is 0 Å². The van der Waals surface area contributed by atoms with Gasteiger partial charge in [-0.05, 0) is 30.5 Å². The van der Waals surface area contributed by atoms with E-state index in [1.54, 1.807) is 24.1 Å². The minimum atomic E-state index is -0.133. The van der Waals surface area contributed by atoms with Crippen LogP contribution in [0.4, 0.5) is 0 Å². The number of aromatic nitrogens is 3. The molecule has 2 aromatic heterocycles. The Morgan fingerprint density at radius 3 is 2.81 bits per heavy atom. The van der Waals surface area contributed by atoms with Crippen LogP contribution in [0.1, 0.15) is 35.0 Å². The van der Waals surface area contributed by atoms with E-state index in [1.807, 2.05) is 42.4 Å². The molecule has 1 amide bonds. The number of methoxy groups -OCH3 is 1. The molecular formula is C19H20N4O3. The molecule has 1 aliphatic heterocycles. The summed E-state index contributed by atoms with van der Waals surface area (Å²) in [5, 5.41) is 8.14. The van der Waals surface area contributed by atoms with Gasteiger partial charge in [0.05, 0.1) is 19.3 Å². The number of hydrogen-bond donors (Lipinski definition) is 0. The lowest BCUT2D eigenvalue weighted by molar-refractivity contribution is 0.0693. The minimum Gasteiger partial charge on any atom is -0.497 e. The number of nitrogens with zero attached hydrogens (tertiary/aromatic N) is 4. The lowest BCUT2D eigenvalue weighted by Gasteiger charge is -2.24. The molecule has 3 aromatic rings. The van der Waals surface area contributed by atoms with Gasteiger partial charge in [0.2, 0.25) is 5.76 Å². The van der Waals surface area contributed by atoms with Crippen LogP contribution in [0.2, 0.25) is 0 Å². The summed E-state index contributed by atoms with van der Waals surface area (Å²) in [7, 11) is 3.48. The molecule has 0 N–H and O–H groups in total. The molecule has 0 radical (unpaired) electrons. The van der Waals surface area contributed by atoms with Gasteiger partial charge in [-0.3, -0.25) is 9.48 Å². The minimum absolute atomic E-state index is 0.0420. The molecule has 0 aliphatic carbocycles. The third kappa shape index (κ3) is 2.96. The van der Waals surface area contributed by atoms with E-state index < -0.39 is 0 Å². The number of ether oxygens (including phenoxy) is 1. The Morgan fingerprint density at radius 1 is 1.31 bits per heavy atom.